The van der Waals surface area contributed by atoms with E-state index in [0.29, 0.717) is 6.42 Å². The molecule has 0 rings (SSSR count). The summed E-state index contributed by atoms with van der Waals surface area (Å²) in [7, 11) is 0. The summed E-state index contributed by atoms with van der Waals surface area (Å²) in [4.78, 5) is 12.5. The average Bonchev–Trinajstić information content (AvgIpc) is 3.41. The van der Waals surface area contributed by atoms with Gasteiger partial charge in [-0.05, 0) is 128 Å². The van der Waals surface area contributed by atoms with Crippen LogP contribution < -0.4 is 5.32 Å². The van der Waals surface area contributed by atoms with E-state index in [1.807, 2.05) is 6.08 Å². The molecule has 2 unspecified atom stereocenters. The van der Waals surface area contributed by atoms with E-state index in [1.54, 1.807) is 6.08 Å². The van der Waals surface area contributed by atoms with Crippen LogP contribution in [-0.4, -0.2) is 34.9 Å². The molecule has 0 saturated heterocycles. The molecular weight excluding hydrogens is 915 g/mol. The maximum atomic E-state index is 12.5. The van der Waals surface area contributed by atoms with Gasteiger partial charge in [0.25, 0.3) is 0 Å². The predicted octanol–water partition coefficient (Wildman–Crippen LogP) is 21.1. The molecule has 4 nitrogen and oxygen atoms in total. The Bertz CT molecular complexity index is 1640. The number of carbonyl (C=O) groups excluding carboxylic acids is 1. The van der Waals surface area contributed by atoms with Gasteiger partial charge >= 0.3 is 0 Å². The van der Waals surface area contributed by atoms with E-state index in [0.717, 1.165) is 122 Å². The van der Waals surface area contributed by atoms with E-state index < -0.39 is 12.1 Å². The second-order valence-corrected chi connectivity index (χ2v) is 20.0. The van der Waals surface area contributed by atoms with Crippen molar-refractivity contribution in [1.82, 2.24) is 5.32 Å². The maximum absolute atomic E-state index is 12.5. The van der Waals surface area contributed by atoms with E-state index in [1.165, 1.54) is 109 Å². The molecule has 0 radical (unpaired) electrons. The molecule has 0 aromatic heterocycles. The van der Waals surface area contributed by atoms with Crippen molar-refractivity contribution >= 4 is 5.91 Å². The van der Waals surface area contributed by atoms with Crippen molar-refractivity contribution in [3.05, 3.63) is 170 Å². The van der Waals surface area contributed by atoms with Crippen LogP contribution in [0.2, 0.25) is 0 Å². The topological polar surface area (TPSA) is 69.6 Å². The molecule has 0 spiro atoms. The largest absolute Gasteiger partial charge is 0.394 e. The van der Waals surface area contributed by atoms with Crippen molar-refractivity contribution in [2.45, 2.75) is 264 Å². The van der Waals surface area contributed by atoms with Gasteiger partial charge in [-0.15, -0.1) is 0 Å². The number of carbonyl (C=O) groups is 1. The summed E-state index contributed by atoms with van der Waals surface area (Å²) in [6, 6.07) is -0.665. The zero-order chi connectivity index (χ0) is 54.1. The van der Waals surface area contributed by atoms with Crippen LogP contribution in [0.4, 0.5) is 0 Å². The third-order valence-electron chi connectivity index (χ3n) is 12.9. The molecule has 75 heavy (non-hydrogen) atoms. The summed E-state index contributed by atoms with van der Waals surface area (Å²) in [5, 5.41) is 23.2. The second-order valence-electron chi connectivity index (χ2n) is 20.0. The number of hydrogen-bond acceptors (Lipinski definition) is 3. The van der Waals surface area contributed by atoms with Gasteiger partial charge in [0.05, 0.1) is 18.8 Å². The van der Waals surface area contributed by atoms with E-state index in [2.05, 4.69) is 177 Å². The Morgan fingerprint density at radius 2 is 0.600 bits per heavy atom. The Morgan fingerprint density at radius 1 is 0.333 bits per heavy atom. The van der Waals surface area contributed by atoms with Crippen LogP contribution in [0.25, 0.3) is 0 Å². The third-order valence-corrected chi connectivity index (χ3v) is 12.9. The molecule has 3 N–H and O–H groups in total. The minimum absolute atomic E-state index is 0.0955. The molecule has 0 aromatic carbocycles. The fourth-order valence-electron chi connectivity index (χ4n) is 8.27. The summed E-state index contributed by atoms with van der Waals surface area (Å²) < 4.78 is 0. The van der Waals surface area contributed by atoms with Crippen LogP contribution in [0.15, 0.2) is 170 Å². The normalized spacial score (nSPS) is 14.0. The lowest BCUT2D eigenvalue weighted by atomic mass is 10.0. The zero-order valence-corrected chi connectivity index (χ0v) is 48.5. The zero-order valence-electron chi connectivity index (χ0n) is 48.5. The lowest BCUT2D eigenvalue weighted by Crippen LogP contribution is -2.45. The number of aliphatic hydroxyl groups is 2. The van der Waals surface area contributed by atoms with Crippen LogP contribution >= 0.6 is 0 Å². The lowest BCUT2D eigenvalue weighted by molar-refractivity contribution is -0.123. The summed E-state index contributed by atoms with van der Waals surface area (Å²) in [5.74, 6) is -0.0955. The molecule has 0 aliphatic heterocycles. The summed E-state index contributed by atoms with van der Waals surface area (Å²) in [6.45, 7) is 4.17. The van der Waals surface area contributed by atoms with Crippen LogP contribution in [-0.2, 0) is 4.79 Å². The highest BCUT2D eigenvalue weighted by Gasteiger charge is 2.18. The smallest absolute Gasteiger partial charge is 0.220 e. The Balaban J connectivity index is 3.69. The fourth-order valence-corrected chi connectivity index (χ4v) is 8.27. The molecule has 0 fully saturated rings. The minimum atomic E-state index is -0.888. The Kier molecular flexibility index (Phi) is 60.4. The number of unbranched alkanes of at least 4 members (excludes halogenated alkanes) is 21. The van der Waals surface area contributed by atoms with E-state index in [9.17, 15) is 15.0 Å². The van der Waals surface area contributed by atoms with Gasteiger partial charge in [-0.3, -0.25) is 4.79 Å². The number of rotatable bonds is 54. The Hall–Kier alpha value is -4.25. The molecule has 0 aliphatic rings. The van der Waals surface area contributed by atoms with Crippen molar-refractivity contribution in [1.29, 1.82) is 0 Å². The van der Waals surface area contributed by atoms with Crippen molar-refractivity contribution in [3.8, 4) is 0 Å². The first-order chi connectivity index (χ1) is 37.2. The number of aliphatic hydroxyl groups excluding tert-OH is 2. The maximum Gasteiger partial charge on any atom is 0.220 e. The summed E-state index contributed by atoms with van der Waals surface area (Å²) >= 11 is 0. The number of nitrogens with one attached hydrogen (secondary N) is 1. The van der Waals surface area contributed by atoms with Crippen LogP contribution in [0.5, 0.6) is 0 Å². The van der Waals surface area contributed by atoms with Gasteiger partial charge in [0, 0.05) is 6.42 Å². The van der Waals surface area contributed by atoms with E-state index in [4.69, 9.17) is 0 Å². The highest BCUT2D eigenvalue weighted by atomic mass is 16.3. The molecule has 0 aliphatic carbocycles. The fraction of sp³-hybridized carbons (Fsp3) is 0.592. The molecule has 0 saturated carbocycles. The summed E-state index contributed by atoms with van der Waals surface area (Å²) in [5.41, 5.74) is 0. The first kappa shape index (κ1) is 70.8. The lowest BCUT2D eigenvalue weighted by Gasteiger charge is -2.19. The first-order valence-corrected chi connectivity index (χ1v) is 30.8. The van der Waals surface area contributed by atoms with Gasteiger partial charge in [-0.2, -0.15) is 0 Å². The third kappa shape index (κ3) is 60.5. The van der Waals surface area contributed by atoms with Gasteiger partial charge in [-0.25, -0.2) is 0 Å². The first-order valence-electron chi connectivity index (χ1n) is 30.8. The van der Waals surface area contributed by atoms with Crippen molar-refractivity contribution in [3.63, 3.8) is 0 Å². The quantitative estimate of drug-likeness (QED) is 0.0420. The molecule has 0 aromatic rings. The molecular formula is C71H115NO3. The Morgan fingerprint density at radius 3 is 0.933 bits per heavy atom. The van der Waals surface area contributed by atoms with Gasteiger partial charge in [0.1, 0.15) is 0 Å². The van der Waals surface area contributed by atoms with E-state index in [-0.39, 0.29) is 12.5 Å². The van der Waals surface area contributed by atoms with Crippen LogP contribution in [0.1, 0.15) is 251 Å². The molecule has 0 bridgehead atoms. The molecule has 4 heteroatoms. The van der Waals surface area contributed by atoms with E-state index >= 15 is 0 Å². The van der Waals surface area contributed by atoms with Gasteiger partial charge in [0.2, 0.25) is 5.91 Å². The molecule has 422 valence electrons. The van der Waals surface area contributed by atoms with Gasteiger partial charge in [0.15, 0.2) is 0 Å². The number of hydrogen-bond donors (Lipinski definition) is 3. The number of allylic oxidation sites excluding steroid dienone is 27. The van der Waals surface area contributed by atoms with Gasteiger partial charge < -0.3 is 15.5 Å². The van der Waals surface area contributed by atoms with Gasteiger partial charge in [-0.1, -0.05) is 287 Å². The standard InChI is InChI=1S/C71H115NO3/c1-3-5-7-9-11-13-15-17-19-21-23-25-27-28-29-30-31-32-33-34-35-36-37-38-39-40-41-42-43-44-45-47-49-51-53-55-57-59-61-63-65-67-71(75)72-69(68-73)70(74)66-64-62-60-58-56-54-52-50-48-46-26-24-22-20-18-16-14-12-10-8-6-4-2/h5,7,11,13,17,19,23,25,28-29,31-32,34-35,37-38,40-41,43-44,47-50,56,58,64,66,69-70,73-74H,3-4,6,8-10,12,14-16,18,20-22,24,26-27,30,33,36,39,42,45-46,51-55,57,59-63,65,67-68H2,1-2H3,(H,72,75)/b7-5-,13-11-,19-17-,25-23-,29-28-,32-31-,35-34-,38-37-,41-40-,44-43-,49-47-,50-48+,58-56+,66-64+. The Labute approximate surface area is 464 Å². The predicted molar refractivity (Wildman–Crippen MR) is 335 cm³/mol. The van der Waals surface area contributed by atoms with Crippen molar-refractivity contribution in [2.75, 3.05) is 6.61 Å². The molecule has 1 amide bonds. The second kappa shape index (κ2) is 64.0. The molecule has 2 atom stereocenters. The van der Waals surface area contributed by atoms with Crippen molar-refractivity contribution < 1.29 is 15.0 Å². The SMILES string of the molecule is CC/C=C\C/C=C\C/C=C\C/C=C\C/C=C\C/C=C\C/C=C\C/C=C\C/C=C\C/C=C\C/C=C\CCCCCCCCCC(=O)NC(CO)C(O)/C=C/CC/C=C/CC/C=C/CCCCCCCCCCCCCC. The minimum Gasteiger partial charge on any atom is -0.394 e. The monoisotopic (exact) mass is 1030 g/mol. The average molecular weight is 1030 g/mol. The van der Waals surface area contributed by atoms with Crippen molar-refractivity contribution in [2.24, 2.45) is 0 Å². The number of amides is 1. The van der Waals surface area contributed by atoms with Crippen LogP contribution in [0, 0.1) is 0 Å². The highest BCUT2D eigenvalue weighted by Crippen LogP contribution is 2.14. The van der Waals surface area contributed by atoms with Crippen LogP contribution in [0.3, 0.4) is 0 Å². The molecule has 0 heterocycles. The summed E-state index contributed by atoms with van der Waals surface area (Å²) in [6.07, 6.45) is 104. The highest BCUT2D eigenvalue weighted by molar-refractivity contribution is 5.76.